The Morgan fingerprint density at radius 1 is 1.08 bits per heavy atom. The van der Waals surface area contributed by atoms with E-state index in [9.17, 15) is 14.0 Å². The van der Waals surface area contributed by atoms with Crippen molar-refractivity contribution < 1.29 is 18.7 Å². The number of likely N-dealkylation sites (tertiary alicyclic amines) is 1. The first-order valence-electron chi connectivity index (χ1n) is 8.60. The molecule has 0 aliphatic carbocycles. The predicted molar refractivity (Wildman–Crippen MR) is 97.5 cm³/mol. The number of carbonyl (C=O) groups excluding carboxylic acids is 2. The average Bonchev–Trinajstić information content (AvgIpc) is 3.19. The normalized spacial score (nSPS) is 14.0. The zero-order valence-electron chi connectivity index (χ0n) is 14.4. The summed E-state index contributed by atoms with van der Waals surface area (Å²) in [5.74, 6) is 0.00224. The molecule has 2 aromatic carbocycles. The highest BCUT2D eigenvalue weighted by atomic mass is 19.1. The van der Waals surface area contributed by atoms with Crippen LogP contribution in [0.5, 0.6) is 5.75 Å². The van der Waals surface area contributed by atoms with Gasteiger partial charge in [-0.3, -0.25) is 9.59 Å². The highest BCUT2D eigenvalue weighted by molar-refractivity contribution is 6.06. The quantitative estimate of drug-likeness (QED) is 0.587. The van der Waals surface area contributed by atoms with Gasteiger partial charge in [-0.2, -0.15) is 0 Å². The number of amides is 1. The molecule has 1 saturated heterocycles. The molecule has 3 rings (SSSR count). The molecule has 1 fully saturated rings. The van der Waals surface area contributed by atoms with Crippen molar-refractivity contribution >= 4 is 17.8 Å². The van der Waals surface area contributed by atoms with E-state index in [0.717, 1.165) is 25.9 Å². The number of carbonyl (C=O) groups is 2. The Kier molecular flexibility index (Phi) is 5.79. The van der Waals surface area contributed by atoms with Crippen LogP contribution in [0.15, 0.2) is 54.6 Å². The van der Waals surface area contributed by atoms with E-state index >= 15 is 0 Å². The summed E-state index contributed by atoms with van der Waals surface area (Å²) in [5.41, 5.74) is 1.12. The molecular weight excluding hydrogens is 333 g/mol. The number of allylic oxidation sites excluding steroid dienone is 1. The molecule has 2 aromatic rings. The van der Waals surface area contributed by atoms with Gasteiger partial charge in [0, 0.05) is 18.7 Å². The van der Waals surface area contributed by atoms with Gasteiger partial charge in [0.15, 0.2) is 12.4 Å². The van der Waals surface area contributed by atoms with Crippen LogP contribution in [0.2, 0.25) is 0 Å². The summed E-state index contributed by atoms with van der Waals surface area (Å²) in [5, 5.41) is 0. The molecule has 0 bridgehead atoms. The van der Waals surface area contributed by atoms with Crippen molar-refractivity contribution in [2.24, 2.45) is 0 Å². The molecule has 0 radical (unpaired) electrons. The van der Waals surface area contributed by atoms with Gasteiger partial charge in [-0.1, -0.05) is 18.2 Å². The second kappa shape index (κ2) is 8.43. The van der Waals surface area contributed by atoms with Crippen molar-refractivity contribution in [2.75, 3.05) is 19.7 Å². The molecule has 0 N–H and O–H groups in total. The molecule has 26 heavy (non-hydrogen) atoms. The van der Waals surface area contributed by atoms with Crippen molar-refractivity contribution in [3.05, 3.63) is 71.6 Å². The van der Waals surface area contributed by atoms with Crippen LogP contribution >= 0.6 is 0 Å². The number of ether oxygens (including phenoxy) is 1. The van der Waals surface area contributed by atoms with Crippen LogP contribution in [0.1, 0.15) is 28.8 Å². The predicted octanol–water partition coefficient (Wildman–Crippen LogP) is 3.72. The molecule has 5 heteroatoms. The molecular formula is C21H20FNO3. The van der Waals surface area contributed by atoms with Crippen LogP contribution in [0, 0.1) is 5.82 Å². The minimum Gasteiger partial charge on any atom is -0.484 e. The smallest absolute Gasteiger partial charge is 0.260 e. The van der Waals surface area contributed by atoms with E-state index in [1.807, 2.05) is 0 Å². The fourth-order valence-electron chi connectivity index (χ4n) is 2.80. The molecule has 0 atom stereocenters. The van der Waals surface area contributed by atoms with Crippen molar-refractivity contribution in [1.29, 1.82) is 0 Å². The van der Waals surface area contributed by atoms with Crippen LogP contribution in [-0.4, -0.2) is 36.3 Å². The number of halogens is 1. The summed E-state index contributed by atoms with van der Waals surface area (Å²) in [6, 6.07) is 12.7. The first kappa shape index (κ1) is 17.9. The van der Waals surface area contributed by atoms with E-state index in [2.05, 4.69) is 0 Å². The summed E-state index contributed by atoms with van der Waals surface area (Å²) in [7, 11) is 0. The number of hydrogen-bond acceptors (Lipinski definition) is 3. The van der Waals surface area contributed by atoms with Crippen molar-refractivity contribution in [1.82, 2.24) is 4.90 Å². The lowest BCUT2D eigenvalue weighted by atomic mass is 10.1. The standard InChI is InChI=1S/C21H20FNO3/c22-18-5-3-4-16(14-18)6-11-20(24)17-7-9-19(10-8-17)26-15-21(25)23-12-1-2-13-23/h3-11,14H,1-2,12-13,15H2/b11-6+. The van der Waals surface area contributed by atoms with Crippen LogP contribution in [-0.2, 0) is 4.79 Å². The highest BCUT2D eigenvalue weighted by Crippen LogP contribution is 2.15. The molecule has 134 valence electrons. The molecule has 0 spiro atoms. The lowest BCUT2D eigenvalue weighted by Crippen LogP contribution is -2.32. The summed E-state index contributed by atoms with van der Waals surface area (Å²) in [6.07, 6.45) is 5.07. The van der Waals surface area contributed by atoms with Crippen molar-refractivity contribution in [3.8, 4) is 5.75 Å². The van der Waals surface area contributed by atoms with E-state index in [0.29, 0.717) is 16.9 Å². The minimum absolute atomic E-state index is 0.00671. The Bertz CT molecular complexity index is 808. The topological polar surface area (TPSA) is 46.6 Å². The largest absolute Gasteiger partial charge is 0.484 e. The summed E-state index contributed by atoms with van der Waals surface area (Å²) < 4.78 is 18.6. The molecule has 0 aromatic heterocycles. The van der Waals surface area contributed by atoms with Gasteiger partial charge >= 0.3 is 0 Å². The Balaban J connectivity index is 1.54. The van der Waals surface area contributed by atoms with Crippen LogP contribution in [0.4, 0.5) is 4.39 Å². The van der Waals surface area contributed by atoms with Crippen molar-refractivity contribution in [3.63, 3.8) is 0 Å². The first-order chi connectivity index (χ1) is 12.6. The second-order valence-corrected chi connectivity index (χ2v) is 6.15. The van der Waals surface area contributed by atoms with E-state index < -0.39 is 0 Å². The molecule has 1 aliphatic heterocycles. The maximum Gasteiger partial charge on any atom is 0.260 e. The molecule has 1 aliphatic rings. The van der Waals surface area contributed by atoms with Crippen LogP contribution < -0.4 is 4.74 Å². The van der Waals surface area contributed by atoms with E-state index in [1.54, 1.807) is 47.4 Å². The van der Waals surface area contributed by atoms with Crippen LogP contribution in [0.25, 0.3) is 6.08 Å². The summed E-state index contributed by atoms with van der Waals surface area (Å²) in [4.78, 5) is 25.9. The third kappa shape index (κ3) is 4.79. The Labute approximate surface area is 151 Å². The summed E-state index contributed by atoms with van der Waals surface area (Å²) in [6.45, 7) is 1.60. The lowest BCUT2D eigenvalue weighted by Gasteiger charge is -2.15. The van der Waals surface area contributed by atoms with E-state index in [-0.39, 0.29) is 24.1 Å². The third-order valence-corrected chi connectivity index (χ3v) is 4.24. The Hall–Kier alpha value is -2.95. The summed E-state index contributed by atoms with van der Waals surface area (Å²) >= 11 is 0. The molecule has 0 saturated carbocycles. The van der Waals surface area contributed by atoms with Crippen molar-refractivity contribution in [2.45, 2.75) is 12.8 Å². The number of nitrogens with zero attached hydrogens (tertiary/aromatic N) is 1. The second-order valence-electron chi connectivity index (χ2n) is 6.15. The average molecular weight is 353 g/mol. The fourth-order valence-corrected chi connectivity index (χ4v) is 2.80. The number of benzene rings is 2. The first-order valence-corrected chi connectivity index (χ1v) is 8.60. The lowest BCUT2D eigenvalue weighted by molar-refractivity contribution is -0.132. The van der Waals surface area contributed by atoms with Gasteiger partial charge in [-0.05, 0) is 60.9 Å². The van der Waals surface area contributed by atoms with Gasteiger partial charge < -0.3 is 9.64 Å². The monoisotopic (exact) mass is 353 g/mol. The maximum absolute atomic E-state index is 13.1. The molecule has 1 heterocycles. The SMILES string of the molecule is O=C(/C=C/c1cccc(F)c1)c1ccc(OCC(=O)N2CCCC2)cc1. The van der Waals surface area contributed by atoms with Gasteiger partial charge in [0.2, 0.25) is 0 Å². The highest BCUT2D eigenvalue weighted by Gasteiger charge is 2.18. The van der Waals surface area contributed by atoms with Gasteiger partial charge in [0.1, 0.15) is 11.6 Å². The number of rotatable bonds is 6. The Morgan fingerprint density at radius 3 is 2.50 bits per heavy atom. The zero-order valence-corrected chi connectivity index (χ0v) is 14.4. The fraction of sp³-hybridized carbons (Fsp3) is 0.238. The van der Waals surface area contributed by atoms with Crippen LogP contribution in [0.3, 0.4) is 0 Å². The van der Waals surface area contributed by atoms with E-state index in [4.69, 9.17) is 4.74 Å². The van der Waals surface area contributed by atoms with Gasteiger partial charge in [-0.25, -0.2) is 4.39 Å². The molecule has 0 unspecified atom stereocenters. The van der Waals surface area contributed by atoms with E-state index in [1.165, 1.54) is 18.2 Å². The van der Waals surface area contributed by atoms with Gasteiger partial charge in [0.05, 0.1) is 0 Å². The third-order valence-electron chi connectivity index (χ3n) is 4.24. The maximum atomic E-state index is 13.1. The Morgan fingerprint density at radius 2 is 1.81 bits per heavy atom. The molecule has 4 nitrogen and oxygen atoms in total. The number of ketones is 1. The zero-order chi connectivity index (χ0) is 18.4. The minimum atomic E-state index is -0.343. The number of hydrogen-bond donors (Lipinski definition) is 0. The molecule has 1 amide bonds. The van der Waals surface area contributed by atoms with Gasteiger partial charge in [-0.15, -0.1) is 0 Å². The van der Waals surface area contributed by atoms with Gasteiger partial charge in [0.25, 0.3) is 5.91 Å².